The molecule has 0 unspecified atom stereocenters. The Bertz CT molecular complexity index is 1870. The summed E-state index contributed by atoms with van der Waals surface area (Å²) in [6.45, 7) is 3.64. The van der Waals surface area contributed by atoms with E-state index >= 15 is 0 Å². The van der Waals surface area contributed by atoms with E-state index in [4.69, 9.17) is 4.18 Å². The first kappa shape index (κ1) is 32.0. The molecule has 0 aromatic heterocycles. The number of aryl methyl sites for hydroxylation is 2. The van der Waals surface area contributed by atoms with Gasteiger partial charge in [-0.15, -0.1) is 0 Å². The zero-order valence-electron chi connectivity index (χ0n) is 23.6. The third-order valence-corrected chi connectivity index (χ3v) is 9.07. The van der Waals surface area contributed by atoms with Crippen molar-refractivity contribution in [3.05, 3.63) is 129 Å². The number of amides is 1. The van der Waals surface area contributed by atoms with Gasteiger partial charge in [0.25, 0.3) is 11.6 Å². The van der Waals surface area contributed by atoms with Crippen LogP contribution in [0.5, 0.6) is 5.75 Å². The van der Waals surface area contributed by atoms with E-state index in [0.29, 0.717) is 11.1 Å². The molecular weight excluding hydrogens is 608 g/mol. The van der Waals surface area contributed by atoms with Crippen LogP contribution in [0.1, 0.15) is 22.3 Å². The molecule has 0 heterocycles. The van der Waals surface area contributed by atoms with Crippen molar-refractivity contribution in [2.75, 3.05) is 0 Å². The van der Waals surface area contributed by atoms with Crippen LogP contribution in [0.3, 0.4) is 0 Å². The summed E-state index contributed by atoms with van der Waals surface area (Å²) in [5.41, 5.74) is 4.89. The van der Waals surface area contributed by atoms with Crippen LogP contribution < -0.4 is 14.3 Å². The number of nitrogens with zero attached hydrogens (tertiary/aromatic N) is 2. The highest BCUT2D eigenvalue weighted by atomic mass is 32.2. The van der Waals surface area contributed by atoms with Crippen LogP contribution in [-0.2, 0) is 31.4 Å². The predicted octanol–water partition coefficient (Wildman–Crippen LogP) is 4.02. The SMILES string of the molecule is Cc1ccc(S(=O)(=O)N[C@@H](Cc2ccc(OS(=O)(=O)c3ccc(C)cc3)cc2)C(=O)N/N=C/c2ccc([N+](=O)[O-])cc2)cc1. The Kier molecular flexibility index (Phi) is 9.88. The average Bonchev–Trinajstić information content (AvgIpc) is 2.98. The first-order valence-electron chi connectivity index (χ1n) is 13.1. The maximum Gasteiger partial charge on any atom is 0.339 e. The molecule has 1 atom stereocenters. The number of carbonyl (C=O) groups excluding carboxylic acids is 1. The Morgan fingerprint density at radius 2 is 1.39 bits per heavy atom. The zero-order valence-corrected chi connectivity index (χ0v) is 25.2. The average molecular weight is 637 g/mol. The van der Waals surface area contributed by atoms with Crippen molar-refractivity contribution < 1.29 is 30.7 Å². The van der Waals surface area contributed by atoms with Gasteiger partial charge in [-0.3, -0.25) is 14.9 Å². The number of nitro groups is 1. The maximum atomic E-state index is 13.1. The molecular formula is C30H28N4O8S2. The van der Waals surface area contributed by atoms with E-state index in [0.717, 1.165) is 11.1 Å². The van der Waals surface area contributed by atoms with Crippen LogP contribution in [0.4, 0.5) is 5.69 Å². The number of sulfonamides is 1. The molecule has 44 heavy (non-hydrogen) atoms. The third-order valence-electron chi connectivity index (χ3n) is 6.32. The predicted molar refractivity (Wildman–Crippen MR) is 163 cm³/mol. The fraction of sp³-hybridized carbons (Fsp3) is 0.133. The molecule has 4 aromatic rings. The maximum absolute atomic E-state index is 13.1. The van der Waals surface area contributed by atoms with Crippen molar-refractivity contribution in [1.29, 1.82) is 0 Å². The number of non-ortho nitro benzene ring substituents is 1. The molecule has 2 N–H and O–H groups in total. The molecule has 14 heteroatoms. The molecule has 1 amide bonds. The second kappa shape index (κ2) is 13.6. The van der Waals surface area contributed by atoms with Gasteiger partial charge in [0.1, 0.15) is 16.7 Å². The minimum atomic E-state index is -4.13. The summed E-state index contributed by atoms with van der Waals surface area (Å²) < 4.78 is 59.1. The quantitative estimate of drug-likeness (QED) is 0.101. The summed E-state index contributed by atoms with van der Waals surface area (Å²) >= 11 is 0. The monoisotopic (exact) mass is 636 g/mol. The van der Waals surface area contributed by atoms with Gasteiger partial charge >= 0.3 is 10.1 Å². The van der Waals surface area contributed by atoms with Crippen molar-refractivity contribution in [1.82, 2.24) is 10.1 Å². The number of nitrogens with one attached hydrogen (secondary N) is 2. The van der Waals surface area contributed by atoms with Crippen LogP contribution in [0.2, 0.25) is 0 Å². The van der Waals surface area contributed by atoms with Gasteiger partial charge in [-0.2, -0.15) is 18.2 Å². The van der Waals surface area contributed by atoms with Gasteiger partial charge in [-0.05, 0) is 79.9 Å². The van der Waals surface area contributed by atoms with Gasteiger partial charge in [0.05, 0.1) is 16.0 Å². The lowest BCUT2D eigenvalue weighted by molar-refractivity contribution is -0.384. The van der Waals surface area contributed by atoms with Crippen molar-refractivity contribution in [2.45, 2.75) is 36.1 Å². The lowest BCUT2D eigenvalue weighted by Gasteiger charge is -2.18. The standard InChI is InChI=1S/C30H28N4O8S2/c1-21-3-15-27(16-4-21)43(38,39)33-29(30(35)32-31-20-24-7-11-25(12-8-24)34(36)37)19-23-9-13-26(14-10-23)42-44(40,41)28-17-5-22(2)6-18-28/h3-18,20,29,33H,19H2,1-2H3,(H,32,35)/b31-20+/t29-/m0/s1. The van der Waals surface area contributed by atoms with Crippen LogP contribution in [-0.4, -0.2) is 39.9 Å². The van der Waals surface area contributed by atoms with Crippen LogP contribution in [0.15, 0.2) is 112 Å². The Morgan fingerprint density at radius 3 is 1.93 bits per heavy atom. The van der Waals surface area contributed by atoms with E-state index in [-0.39, 0.29) is 27.6 Å². The van der Waals surface area contributed by atoms with E-state index in [1.54, 1.807) is 24.3 Å². The zero-order chi connectivity index (χ0) is 31.9. The first-order valence-corrected chi connectivity index (χ1v) is 16.0. The molecule has 0 aliphatic heterocycles. The molecule has 0 saturated heterocycles. The molecule has 0 fully saturated rings. The van der Waals surface area contributed by atoms with Gasteiger partial charge in [-0.1, -0.05) is 47.5 Å². The summed E-state index contributed by atoms with van der Waals surface area (Å²) in [5.74, 6) is -0.746. The number of carbonyl (C=O) groups is 1. The summed E-state index contributed by atoms with van der Waals surface area (Å²) in [5, 5.41) is 14.7. The van der Waals surface area contributed by atoms with Crippen molar-refractivity contribution in [2.24, 2.45) is 5.10 Å². The van der Waals surface area contributed by atoms with Gasteiger partial charge in [0, 0.05) is 12.1 Å². The molecule has 0 radical (unpaired) electrons. The van der Waals surface area contributed by atoms with E-state index in [1.807, 2.05) is 13.8 Å². The van der Waals surface area contributed by atoms with Gasteiger partial charge in [0.2, 0.25) is 10.0 Å². The van der Waals surface area contributed by atoms with Crippen molar-refractivity contribution >= 4 is 38.0 Å². The number of nitro benzene ring substituents is 1. The van der Waals surface area contributed by atoms with E-state index < -0.39 is 37.0 Å². The Morgan fingerprint density at radius 1 is 0.841 bits per heavy atom. The van der Waals surface area contributed by atoms with Gasteiger partial charge < -0.3 is 4.18 Å². The molecule has 0 bridgehead atoms. The van der Waals surface area contributed by atoms with Crippen LogP contribution in [0.25, 0.3) is 0 Å². The Labute approximate surface area is 254 Å². The van der Waals surface area contributed by atoms with E-state index in [2.05, 4.69) is 15.2 Å². The van der Waals surface area contributed by atoms with Gasteiger partial charge in [0.15, 0.2) is 0 Å². The molecule has 4 aromatic carbocycles. The van der Waals surface area contributed by atoms with E-state index in [9.17, 15) is 31.7 Å². The highest BCUT2D eigenvalue weighted by Gasteiger charge is 2.26. The molecule has 0 aliphatic rings. The van der Waals surface area contributed by atoms with Crippen LogP contribution >= 0.6 is 0 Å². The van der Waals surface area contributed by atoms with Gasteiger partial charge in [-0.25, -0.2) is 13.8 Å². The first-order chi connectivity index (χ1) is 20.8. The Hall–Kier alpha value is -4.92. The minimum Gasteiger partial charge on any atom is -0.379 e. The molecule has 0 saturated carbocycles. The number of hydrogen-bond donors (Lipinski definition) is 2. The molecule has 12 nitrogen and oxygen atoms in total. The van der Waals surface area contributed by atoms with Crippen molar-refractivity contribution in [3.8, 4) is 5.75 Å². The number of rotatable bonds is 12. The normalized spacial score (nSPS) is 12.5. The topological polar surface area (TPSA) is 174 Å². The summed E-state index contributed by atoms with van der Waals surface area (Å²) in [7, 11) is -8.21. The van der Waals surface area contributed by atoms with Crippen molar-refractivity contribution in [3.63, 3.8) is 0 Å². The smallest absolute Gasteiger partial charge is 0.339 e. The highest BCUT2D eigenvalue weighted by molar-refractivity contribution is 7.89. The molecule has 4 rings (SSSR count). The summed E-state index contributed by atoms with van der Waals surface area (Å²) in [4.78, 5) is 23.4. The van der Waals surface area contributed by atoms with Crippen LogP contribution in [0, 0.1) is 24.0 Å². The lowest BCUT2D eigenvalue weighted by Crippen LogP contribution is -2.46. The summed E-state index contributed by atoms with van der Waals surface area (Å²) in [6, 6.07) is 22.2. The fourth-order valence-electron chi connectivity index (χ4n) is 3.89. The Balaban J connectivity index is 1.51. The molecule has 228 valence electrons. The number of benzene rings is 4. The highest BCUT2D eigenvalue weighted by Crippen LogP contribution is 2.21. The molecule has 0 aliphatic carbocycles. The number of hydrogen-bond acceptors (Lipinski definition) is 9. The molecule has 0 spiro atoms. The number of hydrazone groups is 1. The largest absolute Gasteiger partial charge is 0.379 e. The second-order valence-corrected chi connectivity index (χ2v) is 13.0. The third kappa shape index (κ3) is 8.56. The minimum absolute atomic E-state index is 0.0105. The lowest BCUT2D eigenvalue weighted by atomic mass is 10.1. The fourth-order valence-corrected chi connectivity index (χ4v) is 6.01. The summed E-state index contributed by atoms with van der Waals surface area (Å²) in [6.07, 6.45) is 1.14. The van der Waals surface area contributed by atoms with E-state index in [1.165, 1.54) is 79.0 Å². The second-order valence-electron chi connectivity index (χ2n) is 9.77.